The molecule has 2 atom stereocenters. The Labute approximate surface area is 116 Å². The minimum Gasteiger partial charge on any atom is -0.399 e. The van der Waals surface area contributed by atoms with Crippen LogP contribution in [-0.2, 0) is 0 Å². The maximum absolute atomic E-state index is 9.91. The molecule has 0 radical (unpaired) electrons. The molecule has 7 heteroatoms. The van der Waals surface area contributed by atoms with Crippen molar-refractivity contribution < 1.29 is 5.11 Å². The second-order valence-electron chi connectivity index (χ2n) is 5.12. The van der Waals surface area contributed by atoms with E-state index < -0.39 is 6.10 Å². The van der Waals surface area contributed by atoms with Gasteiger partial charge in [-0.15, -0.1) is 10.2 Å². The minimum absolute atomic E-state index is 0.148. The van der Waals surface area contributed by atoms with Gasteiger partial charge in [0.2, 0.25) is 0 Å². The van der Waals surface area contributed by atoms with Crippen LogP contribution in [0.15, 0.2) is 30.9 Å². The monoisotopic (exact) mass is 274 g/mol. The summed E-state index contributed by atoms with van der Waals surface area (Å²) in [6.07, 6.45) is 3.50. The lowest BCUT2D eigenvalue weighted by Crippen LogP contribution is -2.50. The molecule has 1 saturated heterocycles. The number of nitrogen functional groups attached to an aromatic ring is 1. The van der Waals surface area contributed by atoms with Crippen molar-refractivity contribution in [1.29, 1.82) is 0 Å². The van der Waals surface area contributed by atoms with Gasteiger partial charge in [0.1, 0.15) is 12.7 Å². The van der Waals surface area contributed by atoms with Crippen molar-refractivity contribution in [2.75, 3.05) is 23.7 Å². The molecular formula is C13H18N6O. The molecule has 0 saturated carbocycles. The molecule has 0 amide bonds. The Balaban J connectivity index is 1.90. The van der Waals surface area contributed by atoms with Gasteiger partial charge >= 0.3 is 0 Å². The van der Waals surface area contributed by atoms with Crippen LogP contribution in [0.1, 0.15) is 6.42 Å². The molecule has 0 spiro atoms. The number of hydrogen-bond acceptors (Lipinski definition) is 6. The maximum atomic E-state index is 9.91. The molecule has 1 aliphatic heterocycles. The molecule has 0 aliphatic carbocycles. The van der Waals surface area contributed by atoms with Crippen LogP contribution in [0.4, 0.5) is 11.4 Å². The second kappa shape index (κ2) is 5.10. The zero-order valence-electron chi connectivity index (χ0n) is 11.1. The van der Waals surface area contributed by atoms with Gasteiger partial charge in [-0.1, -0.05) is 0 Å². The molecule has 20 heavy (non-hydrogen) atoms. The summed E-state index contributed by atoms with van der Waals surface area (Å²) in [6.45, 7) is 1.33. The van der Waals surface area contributed by atoms with Gasteiger partial charge in [-0.3, -0.25) is 4.57 Å². The first-order valence-electron chi connectivity index (χ1n) is 6.57. The highest BCUT2D eigenvalue weighted by molar-refractivity contribution is 5.62. The van der Waals surface area contributed by atoms with Crippen LogP contribution in [0.3, 0.4) is 0 Å². The van der Waals surface area contributed by atoms with Crippen molar-refractivity contribution in [1.82, 2.24) is 14.8 Å². The first-order valence-corrected chi connectivity index (χ1v) is 6.57. The Bertz CT molecular complexity index is 585. The van der Waals surface area contributed by atoms with Crippen molar-refractivity contribution >= 4 is 11.4 Å². The molecule has 0 unspecified atom stereocenters. The number of piperidine rings is 1. The normalized spacial score (nSPS) is 23.0. The third kappa shape index (κ3) is 2.45. The molecule has 1 aromatic carbocycles. The first-order chi connectivity index (χ1) is 9.63. The summed E-state index contributed by atoms with van der Waals surface area (Å²) in [6, 6.07) is 5.62. The van der Waals surface area contributed by atoms with E-state index in [9.17, 15) is 5.11 Å². The number of rotatable bonds is 2. The summed E-state index contributed by atoms with van der Waals surface area (Å²) >= 11 is 0. The summed E-state index contributed by atoms with van der Waals surface area (Å²) in [5.41, 5.74) is 14.3. The van der Waals surface area contributed by atoms with Gasteiger partial charge in [0.15, 0.2) is 0 Å². The Hall–Kier alpha value is -2.12. The van der Waals surface area contributed by atoms with E-state index in [2.05, 4.69) is 15.1 Å². The summed E-state index contributed by atoms with van der Waals surface area (Å²) < 4.78 is 1.80. The van der Waals surface area contributed by atoms with E-state index >= 15 is 0 Å². The Morgan fingerprint density at radius 1 is 1.15 bits per heavy atom. The minimum atomic E-state index is -0.511. The molecule has 1 aliphatic rings. The van der Waals surface area contributed by atoms with Crippen LogP contribution in [0, 0.1) is 0 Å². The summed E-state index contributed by atoms with van der Waals surface area (Å²) in [7, 11) is 0. The summed E-state index contributed by atoms with van der Waals surface area (Å²) in [5, 5.41) is 17.5. The van der Waals surface area contributed by atoms with E-state index in [0.29, 0.717) is 12.2 Å². The zero-order chi connectivity index (χ0) is 14.1. The molecule has 5 N–H and O–H groups in total. The van der Waals surface area contributed by atoms with Crippen LogP contribution in [-0.4, -0.2) is 45.1 Å². The number of anilines is 2. The number of aliphatic hydroxyl groups is 1. The molecule has 3 rings (SSSR count). The van der Waals surface area contributed by atoms with Gasteiger partial charge < -0.3 is 21.5 Å². The molecule has 1 aromatic heterocycles. The van der Waals surface area contributed by atoms with Crippen LogP contribution >= 0.6 is 0 Å². The number of benzene rings is 1. The van der Waals surface area contributed by atoms with Crippen molar-refractivity contribution in [3.05, 3.63) is 30.9 Å². The molecule has 106 valence electrons. The van der Waals surface area contributed by atoms with E-state index in [1.165, 1.54) is 0 Å². The van der Waals surface area contributed by atoms with Crippen molar-refractivity contribution in [2.24, 2.45) is 5.73 Å². The Kier molecular flexibility index (Phi) is 3.29. The van der Waals surface area contributed by atoms with Gasteiger partial charge in [-0.25, -0.2) is 0 Å². The highest BCUT2D eigenvalue weighted by Crippen LogP contribution is 2.25. The van der Waals surface area contributed by atoms with Crippen LogP contribution in [0.2, 0.25) is 0 Å². The van der Waals surface area contributed by atoms with E-state index in [0.717, 1.165) is 24.3 Å². The van der Waals surface area contributed by atoms with E-state index in [1.54, 1.807) is 17.2 Å². The zero-order valence-corrected chi connectivity index (χ0v) is 11.1. The molecule has 1 fully saturated rings. The third-order valence-electron chi connectivity index (χ3n) is 3.64. The lowest BCUT2D eigenvalue weighted by atomic mass is 10.0. The first kappa shape index (κ1) is 12.9. The van der Waals surface area contributed by atoms with Gasteiger partial charge in [0, 0.05) is 30.5 Å². The average molecular weight is 274 g/mol. The molecule has 0 bridgehead atoms. The molecule has 2 heterocycles. The number of nitrogens with two attached hydrogens (primary N) is 2. The third-order valence-corrected chi connectivity index (χ3v) is 3.64. The number of nitrogens with zero attached hydrogens (tertiary/aromatic N) is 4. The summed E-state index contributed by atoms with van der Waals surface area (Å²) in [5.74, 6) is 0. The molecule has 7 nitrogen and oxygen atoms in total. The van der Waals surface area contributed by atoms with E-state index in [4.69, 9.17) is 11.5 Å². The maximum Gasteiger partial charge on any atom is 0.123 e. The van der Waals surface area contributed by atoms with Crippen molar-refractivity contribution in [3.8, 4) is 5.69 Å². The quantitative estimate of drug-likeness (QED) is 0.652. The predicted octanol–water partition coefficient (Wildman–Crippen LogP) is -0.252. The smallest absolute Gasteiger partial charge is 0.123 e. The van der Waals surface area contributed by atoms with E-state index in [-0.39, 0.29) is 6.04 Å². The fourth-order valence-corrected chi connectivity index (χ4v) is 2.47. The van der Waals surface area contributed by atoms with Crippen LogP contribution < -0.4 is 16.4 Å². The fourth-order valence-electron chi connectivity index (χ4n) is 2.47. The Morgan fingerprint density at radius 3 is 2.55 bits per heavy atom. The lowest BCUT2D eigenvalue weighted by Gasteiger charge is -2.35. The lowest BCUT2D eigenvalue weighted by molar-refractivity contribution is 0.132. The van der Waals surface area contributed by atoms with Crippen molar-refractivity contribution in [2.45, 2.75) is 18.6 Å². The average Bonchev–Trinajstić information content (AvgIpc) is 2.95. The topological polar surface area (TPSA) is 106 Å². The number of aromatic nitrogens is 3. The van der Waals surface area contributed by atoms with Crippen LogP contribution in [0.5, 0.6) is 0 Å². The number of β-amino-alcohol motifs (C(OH)–C–C–N with tert-alkyl or cyclic N) is 1. The van der Waals surface area contributed by atoms with Gasteiger partial charge in [0.25, 0.3) is 0 Å². The van der Waals surface area contributed by atoms with Gasteiger partial charge in [0.05, 0.1) is 11.8 Å². The second-order valence-corrected chi connectivity index (χ2v) is 5.12. The fraction of sp³-hybridized carbons (Fsp3) is 0.385. The summed E-state index contributed by atoms with van der Waals surface area (Å²) in [4.78, 5) is 2.10. The SMILES string of the molecule is Nc1cc(N2CC[C@H](N)[C@H](O)C2)cc(-n2cnnc2)c1. The largest absolute Gasteiger partial charge is 0.399 e. The van der Waals surface area contributed by atoms with Gasteiger partial charge in [-0.05, 0) is 24.6 Å². The predicted molar refractivity (Wildman–Crippen MR) is 76.6 cm³/mol. The Morgan fingerprint density at radius 2 is 1.85 bits per heavy atom. The highest BCUT2D eigenvalue weighted by Gasteiger charge is 2.25. The van der Waals surface area contributed by atoms with Crippen molar-refractivity contribution in [3.63, 3.8) is 0 Å². The molecule has 2 aromatic rings. The van der Waals surface area contributed by atoms with Gasteiger partial charge in [-0.2, -0.15) is 0 Å². The number of hydrogen-bond donors (Lipinski definition) is 3. The molecular weight excluding hydrogens is 256 g/mol. The number of aliphatic hydroxyl groups excluding tert-OH is 1. The van der Waals surface area contributed by atoms with E-state index in [1.807, 2.05) is 18.2 Å². The van der Waals surface area contributed by atoms with Crippen LogP contribution in [0.25, 0.3) is 5.69 Å². The highest BCUT2D eigenvalue weighted by atomic mass is 16.3. The standard InChI is InChI=1S/C13H18N6O/c14-9-3-10(18-2-1-12(15)13(20)6-18)5-11(4-9)19-7-16-17-8-19/h3-5,7-8,12-13,20H,1-2,6,14-15H2/t12-,13+/m0/s1.